The Hall–Kier alpha value is -2.26. The molecule has 0 unspecified atom stereocenters. The van der Waals surface area contributed by atoms with Crippen molar-refractivity contribution in [2.45, 2.75) is 44.7 Å². The number of rotatable bonds is 6. The van der Waals surface area contributed by atoms with Crippen LogP contribution in [0.15, 0.2) is 28.7 Å². The molecule has 1 aromatic carbocycles. The second kappa shape index (κ2) is 8.62. The summed E-state index contributed by atoms with van der Waals surface area (Å²) in [7, 11) is 0. The molecule has 1 aliphatic rings. The lowest BCUT2D eigenvalue weighted by Gasteiger charge is -2.25. The van der Waals surface area contributed by atoms with E-state index in [1.54, 1.807) is 0 Å². The molecule has 8 nitrogen and oxygen atoms in total. The Bertz CT molecular complexity index is 823. The fourth-order valence-electron chi connectivity index (χ4n) is 3.43. The van der Waals surface area contributed by atoms with E-state index in [9.17, 15) is 10.1 Å². The van der Waals surface area contributed by atoms with Crippen LogP contribution < -0.4 is 16.8 Å². The smallest absolute Gasteiger partial charge is 0.332 e. The highest BCUT2D eigenvalue weighted by molar-refractivity contribution is 9.10. The number of hydrogen-bond donors (Lipinski definition) is 3. The van der Waals surface area contributed by atoms with Crippen molar-refractivity contribution < 1.29 is 4.92 Å². The number of nitrogens with one attached hydrogen (secondary N) is 1. The highest BCUT2D eigenvalue weighted by Gasteiger charge is 2.27. The Labute approximate surface area is 166 Å². The van der Waals surface area contributed by atoms with Crippen LogP contribution in [0.3, 0.4) is 0 Å². The van der Waals surface area contributed by atoms with Gasteiger partial charge in [-0.1, -0.05) is 28.1 Å². The first-order valence-corrected chi connectivity index (χ1v) is 9.76. The minimum Gasteiger partial charge on any atom is -0.378 e. The van der Waals surface area contributed by atoms with E-state index in [1.165, 1.54) is 0 Å². The van der Waals surface area contributed by atoms with Gasteiger partial charge in [-0.3, -0.25) is 10.1 Å². The van der Waals surface area contributed by atoms with Crippen molar-refractivity contribution in [1.82, 2.24) is 9.97 Å². The van der Waals surface area contributed by atoms with E-state index in [-0.39, 0.29) is 17.5 Å². The van der Waals surface area contributed by atoms with Crippen LogP contribution in [0.25, 0.3) is 0 Å². The van der Waals surface area contributed by atoms with Crippen LogP contribution in [-0.4, -0.2) is 20.9 Å². The Morgan fingerprint density at radius 1 is 1.26 bits per heavy atom. The van der Waals surface area contributed by atoms with Gasteiger partial charge in [0.05, 0.1) is 4.92 Å². The van der Waals surface area contributed by atoms with Gasteiger partial charge in [-0.25, -0.2) is 4.98 Å². The summed E-state index contributed by atoms with van der Waals surface area (Å²) in [5.41, 5.74) is 13.1. The molecule has 0 saturated heterocycles. The first-order valence-electron chi connectivity index (χ1n) is 8.97. The molecule has 0 amide bonds. The molecular formula is C18H23BrN6O2. The third-order valence-corrected chi connectivity index (χ3v) is 5.37. The zero-order chi connectivity index (χ0) is 19.4. The molecule has 3 rings (SSSR count). The first-order chi connectivity index (χ1) is 12.9. The predicted octanol–water partition coefficient (Wildman–Crippen LogP) is 3.40. The Morgan fingerprint density at radius 3 is 2.67 bits per heavy atom. The van der Waals surface area contributed by atoms with Gasteiger partial charge in [0.15, 0.2) is 0 Å². The van der Waals surface area contributed by atoms with Crippen LogP contribution in [0, 0.1) is 16.0 Å². The van der Waals surface area contributed by atoms with E-state index >= 15 is 0 Å². The number of nitrogens with two attached hydrogens (primary N) is 2. The number of nitro groups is 1. The van der Waals surface area contributed by atoms with Gasteiger partial charge in [-0.2, -0.15) is 4.98 Å². The number of nitrogens with zero attached hydrogens (tertiary/aromatic N) is 3. The number of hydrogen-bond acceptors (Lipinski definition) is 7. The van der Waals surface area contributed by atoms with Crippen molar-refractivity contribution in [1.29, 1.82) is 0 Å². The van der Waals surface area contributed by atoms with E-state index in [0.717, 1.165) is 35.7 Å². The highest BCUT2D eigenvalue weighted by Crippen LogP contribution is 2.32. The number of anilines is 2. The zero-order valence-corrected chi connectivity index (χ0v) is 16.5. The molecule has 0 radical (unpaired) electrons. The van der Waals surface area contributed by atoms with Gasteiger partial charge >= 0.3 is 5.69 Å². The van der Waals surface area contributed by atoms with Crippen LogP contribution in [0.4, 0.5) is 17.5 Å². The molecule has 0 spiro atoms. The van der Waals surface area contributed by atoms with Gasteiger partial charge in [0.2, 0.25) is 11.8 Å². The zero-order valence-electron chi connectivity index (χ0n) is 14.9. The maximum Gasteiger partial charge on any atom is 0.332 e. The summed E-state index contributed by atoms with van der Waals surface area (Å²) in [4.78, 5) is 19.5. The van der Waals surface area contributed by atoms with Crippen molar-refractivity contribution in [2.24, 2.45) is 11.7 Å². The standard InChI is InChI=1S/C18H23BrN6O2/c19-13-3-1-2-12(8-13)10-22-18-23-15(16(25(26)27)17(21)24-18)9-11-4-6-14(20)7-5-11/h1-3,8,11,14H,4-7,9-10,20H2,(H3,21,22,23,24)/t11-,14-. The minimum absolute atomic E-state index is 0.103. The van der Waals surface area contributed by atoms with Crippen LogP contribution >= 0.6 is 15.9 Å². The minimum atomic E-state index is -0.489. The maximum atomic E-state index is 11.5. The van der Waals surface area contributed by atoms with E-state index < -0.39 is 4.92 Å². The number of benzene rings is 1. The van der Waals surface area contributed by atoms with Crippen LogP contribution in [0.5, 0.6) is 0 Å². The lowest BCUT2D eigenvalue weighted by molar-refractivity contribution is -0.385. The Balaban J connectivity index is 1.79. The largest absolute Gasteiger partial charge is 0.378 e. The lowest BCUT2D eigenvalue weighted by atomic mass is 9.83. The van der Waals surface area contributed by atoms with Gasteiger partial charge in [-0.05, 0) is 55.7 Å². The second-order valence-corrected chi connectivity index (χ2v) is 7.87. The normalized spacial score (nSPS) is 19.6. The second-order valence-electron chi connectivity index (χ2n) is 6.95. The molecule has 144 valence electrons. The fraction of sp³-hybridized carbons (Fsp3) is 0.444. The van der Waals surface area contributed by atoms with Gasteiger partial charge in [-0.15, -0.1) is 0 Å². The van der Waals surface area contributed by atoms with E-state index in [0.29, 0.717) is 30.5 Å². The van der Waals surface area contributed by atoms with Gasteiger partial charge in [0.25, 0.3) is 0 Å². The third kappa shape index (κ3) is 5.14. The van der Waals surface area contributed by atoms with E-state index in [1.807, 2.05) is 24.3 Å². The molecule has 5 N–H and O–H groups in total. The van der Waals surface area contributed by atoms with Crippen LogP contribution in [0.1, 0.15) is 36.9 Å². The average molecular weight is 435 g/mol. The van der Waals surface area contributed by atoms with Crippen LogP contribution in [0.2, 0.25) is 0 Å². The number of aromatic nitrogens is 2. The number of halogens is 1. The lowest BCUT2D eigenvalue weighted by Crippen LogP contribution is -2.27. The molecule has 1 heterocycles. The number of nitrogen functional groups attached to an aromatic ring is 1. The fourth-order valence-corrected chi connectivity index (χ4v) is 3.88. The summed E-state index contributed by atoms with van der Waals surface area (Å²) in [6.45, 7) is 0.494. The monoisotopic (exact) mass is 434 g/mol. The van der Waals surface area contributed by atoms with Gasteiger partial charge < -0.3 is 16.8 Å². The molecule has 0 aliphatic heterocycles. The van der Waals surface area contributed by atoms with Crippen molar-refractivity contribution in [2.75, 3.05) is 11.1 Å². The molecule has 1 fully saturated rings. The molecule has 27 heavy (non-hydrogen) atoms. The topological polar surface area (TPSA) is 133 Å². The Morgan fingerprint density at radius 2 is 2.00 bits per heavy atom. The van der Waals surface area contributed by atoms with Crippen molar-refractivity contribution in [3.05, 3.63) is 50.1 Å². The molecule has 0 bridgehead atoms. The summed E-state index contributed by atoms with van der Waals surface area (Å²) in [5, 5.41) is 14.6. The van der Waals surface area contributed by atoms with E-state index in [2.05, 4.69) is 31.2 Å². The predicted molar refractivity (Wildman–Crippen MR) is 108 cm³/mol. The molecular weight excluding hydrogens is 412 g/mol. The average Bonchev–Trinajstić information content (AvgIpc) is 2.61. The van der Waals surface area contributed by atoms with Crippen molar-refractivity contribution in [3.8, 4) is 0 Å². The van der Waals surface area contributed by atoms with Gasteiger partial charge in [0, 0.05) is 17.1 Å². The SMILES string of the molecule is Nc1nc(NCc2cccc(Br)c2)nc(C[C@H]2CC[C@H](N)CC2)c1[N+](=O)[O-]. The summed E-state index contributed by atoms with van der Waals surface area (Å²) in [6, 6.07) is 8.06. The summed E-state index contributed by atoms with van der Waals surface area (Å²) in [5.74, 6) is 0.533. The third-order valence-electron chi connectivity index (χ3n) is 4.88. The summed E-state index contributed by atoms with van der Waals surface area (Å²) < 4.78 is 0.974. The highest BCUT2D eigenvalue weighted by atomic mass is 79.9. The van der Waals surface area contributed by atoms with Crippen molar-refractivity contribution >= 4 is 33.4 Å². The molecule has 0 atom stereocenters. The molecule has 1 saturated carbocycles. The molecule has 9 heteroatoms. The first kappa shape index (κ1) is 19.5. The summed E-state index contributed by atoms with van der Waals surface area (Å²) in [6.07, 6.45) is 4.29. The maximum absolute atomic E-state index is 11.5. The van der Waals surface area contributed by atoms with Crippen molar-refractivity contribution in [3.63, 3.8) is 0 Å². The van der Waals surface area contributed by atoms with Crippen LogP contribution in [-0.2, 0) is 13.0 Å². The molecule has 2 aromatic rings. The van der Waals surface area contributed by atoms with Gasteiger partial charge in [0.1, 0.15) is 5.69 Å². The quantitative estimate of drug-likeness (QED) is 0.468. The molecule has 1 aliphatic carbocycles. The Kier molecular flexibility index (Phi) is 6.22. The van der Waals surface area contributed by atoms with E-state index in [4.69, 9.17) is 11.5 Å². The summed E-state index contributed by atoms with van der Waals surface area (Å²) >= 11 is 3.43. The molecule has 1 aromatic heterocycles.